The highest BCUT2D eigenvalue weighted by atomic mass is 32.1. The van der Waals surface area contributed by atoms with E-state index < -0.39 is 5.60 Å². The Morgan fingerprint density at radius 1 is 1.67 bits per heavy atom. The standard InChI is InChI=1S/C12H14N2O3S/c1-8-6-9(14-17-8)11(15)13-7-12(2,16)10-4-3-5-18-10/h3-6,16H,7H2,1-2H3,(H,13,15)/t12-/m0/s1. The maximum atomic E-state index is 11.7. The molecule has 1 atom stereocenters. The van der Waals surface area contributed by atoms with E-state index in [0.29, 0.717) is 5.76 Å². The summed E-state index contributed by atoms with van der Waals surface area (Å²) >= 11 is 1.45. The predicted octanol–water partition coefficient (Wildman–Crippen LogP) is 1.68. The van der Waals surface area contributed by atoms with Crippen LogP contribution in [0, 0.1) is 6.92 Å². The molecule has 18 heavy (non-hydrogen) atoms. The lowest BCUT2D eigenvalue weighted by Gasteiger charge is -2.21. The normalized spacial score (nSPS) is 14.2. The van der Waals surface area contributed by atoms with Gasteiger partial charge in [-0.25, -0.2) is 0 Å². The molecule has 2 N–H and O–H groups in total. The average Bonchev–Trinajstić information content (AvgIpc) is 2.96. The summed E-state index contributed by atoms with van der Waals surface area (Å²) in [5.74, 6) is 0.217. The van der Waals surface area contributed by atoms with Gasteiger partial charge in [-0.05, 0) is 25.3 Å². The van der Waals surface area contributed by atoms with Crippen molar-refractivity contribution in [3.63, 3.8) is 0 Å². The number of aryl methyl sites for hydroxylation is 1. The van der Waals surface area contributed by atoms with E-state index in [9.17, 15) is 9.90 Å². The minimum Gasteiger partial charge on any atom is -0.383 e. The lowest BCUT2D eigenvalue weighted by Crippen LogP contribution is -2.38. The van der Waals surface area contributed by atoms with E-state index >= 15 is 0 Å². The zero-order chi connectivity index (χ0) is 13.2. The van der Waals surface area contributed by atoms with Gasteiger partial charge in [-0.1, -0.05) is 11.2 Å². The van der Waals surface area contributed by atoms with Gasteiger partial charge in [0, 0.05) is 10.9 Å². The van der Waals surface area contributed by atoms with Crippen LogP contribution in [0.25, 0.3) is 0 Å². The molecule has 0 unspecified atom stereocenters. The molecular weight excluding hydrogens is 252 g/mol. The molecule has 2 aromatic rings. The first kappa shape index (κ1) is 12.8. The Morgan fingerprint density at radius 3 is 3.00 bits per heavy atom. The van der Waals surface area contributed by atoms with E-state index in [1.165, 1.54) is 11.3 Å². The van der Waals surface area contributed by atoms with Crippen LogP contribution in [0.3, 0.4) is 0 Å². The summed E-state index contributed by atoms with van der Waals surface area (Å²) in [5, 5.41) is 18.4. The number of carbonyl (C=O) groups excluding carboxylic acids is 1. The van der Waals surface area contributed by atoms with Crippen LogP contribution in [0.1, 0.15) is 28.0 Å². The van der Waals surface area contributed by atoms with E-state index in [1.807, 2.05) is 17.5 Å². The number of amides is 1. The van der Waals surface area contributed by atoms with Gasteiger partial charge >= 0.3 is 0 Å². The fourth-order valence-electron chi connectivity index (χ4n) is 1.49. The second-order valence-corrected chi connectivity index (χ2v) is 5.20. The Hall–Kier alpha value is -1.66. The molecular formula is C12H14N2O3S. The quantitative estimate of drug-likeness (QED) is 0.883. The minimum atomic E-state index is -1.08. The number of nitrogens with one attached hydrogen (secondary N) is 1. The van der Waals surface area contributed by atoms with Crippen LogP contribution in [0.5, 0.6) is 0 Å². The summed E-state index contributed by atoms with van der Waals surface area (Å²) in [4.78, 5) is 12.5. The topological polar surface area (TPSA) is 75.4 Å². The van der Waals surface area contributed by atoms with E-state index in [1.54, 1.807) is 19.9 Å². The third-order valence-electron chi connectivity index (χ3n) is 2.51. The van der Waals surface area contributed by atoms with Crippen LogP contribution in [0.15, 0.2) is 28.1 Å². The molecule has 0 saturated carbocycles. The second kappa shape index (κ2) is 4.91. The molecule has 2 heterocycles. The zero-order valence-corrected chi connectivity index (χ0v) is 11.0. The smallest absolute Gasteiger partial charge is 0.273 e. The molecule has 0 aliphatic carbocycles. The lowest BCUT2D eigenvalue weighted by atomic mass is 10.1. The number of thiophene rings is 1. The van der Waals surface area contributed by atoms with Crippen molar-refractivity contribution in [2.75, 3.05) is 6.54 Å². The van der Waals surface area contributed by atoms with Crippen molar-refractivity contribution in [3.05, 3.63) is 39.9 Å². The Labute approximate surface area is 108 Å². The number of hydrogen-bond acceptors (Lipinski definition) is 5. The molecule has 0 spiro atoms. The van der Waals surface area contributed by atoms with Crippen molar-refractivity contribution in [1.29, 1.82) is 0 Å². The van der Waals surface area contributed by atoms with E-state index in [-0.39, 0.29) is 18.1 Å². The maximum Gasteiger partial charge on any atom is 0.273 e. The summed E-state index contributed by atoms with van der Waals surface area (Å²) in [6, 6.07) is 5.24. The first-order valence-corrected chi connectivity index (χ1v) is 6.35. The van der Waals surface area contributed by atoms with Gasteiger partial charge in [0.25, 0.3) is 5.91 Å². The molecule has 0 aromatic carbocycles. The summed E-state index contributed by atoms with van der Waals surface area (Å²) in [5.41, 5.74) is -0.864. The van der Waals surface area contributed by atoms with E-state index in [0.717, 1.165) is 4.88 Å². The van der Waals surface area contributed by atoms with Gasteiger partial charge in [0.15, 0.2) is 5.69 Å². The summed E-state index contributed by atoms with van der Waals surface area (Å²) in [6.07, 6.45) is 0. The molecule has 5 nitrogen and oxygen atoms in total. The van der Waals surface area contributed by atoms with Crippen LogP contribution in [-0.2, 0) is 5.60 Å². The van der Waals surface area contributed by atoms with E-state index in [4.69, 9.17) is 4.52 Å². The number of nitrogens with zero attached hydrogens (tertiary/aromatic N) is 1. The molecule has 0 aliphatic heterocycles. The Bertz CT molecular complexity index is 531. The number of hydrogen-bond donors (Lipinski definition) is 2. The number of aromatic nitrogens is 1. The van der Waals surface area contributed by atoms with Crippen LogP contribution < -0.4 is 5.32 Å². The minimum absolute atomic E-state index is 0.123. The lowest BCUT2D eigenvalue weighted by molar-refractivity contribution is 0.0554. The average molecular weight is 266 g/mol. The maximum absolute atomic E-state index is 11.7. The van der Waals surface area contributed by atoms with Gasteiger partial charge in [0.05, 0.1) is 6.54 Å². The number of rotatable bonds is 4. The van der Waals surface area contributed by atoms with Crippen molar-refractivity contribution >= 4 is 17.2 Å². The van der Waals surface area contributed by atoms with Crippen molar-refractivity contribution in [3.8, 4) is 0 Å². The molecule has 6 heteroatoms. The first-order valence-electron chi connectivity index (χ1n) is 5.47. The van der Waals surface area contributed by atoms with E-state index in [2.05, 4.69) is 10.5 Å². The third-order valence-corrected chi connectivity index (χ3v) is 3.63. The highest BCUT2D eigenvalue weighted by molar-refractivity contribution is 7.10. The van der Waals surface area contributed by atoms with Gasteiger partial charge < -0.3 is 14.9 Å². The number of carbonyl (C=O) groups is 1. The SMILES string of the molecule is Cc1cc(C(=O)NC[C@](C)(O)c2cccs2)no1. The molecule has 0 fully saturated rings. The summed E-state index contributed by atoms with van der Waals surface area (Å²) in [7, 11) is 0. The molecule has 0 bridgehead atoms. The first-order chi connectivity index (χ1) is 8.49. The third kappa shape index (κ3) is 2.77. The van der Waals surface area contributed by atoms with Crippen molar-refractivity contribution in [1.82, 2.24) is 10.5 Å². The zero-order valence-electron chi connectivity index (χ0n) is 10.1. The Kier molecular flexibility index (Phi) is 3.49. The molecule has 2 aromatic heterocycles. The summed E-state index contributed by atoms with van der Waals surface area (Å²) < 4.78 is 4.82. The van der Waals surface area contributed by atoms with Crippen molar-refractivity contribution < 1.29 is 14.4 Å². The largest absolute Gasteiger partial charge is 0.383 e. The summed E-state index contributed by atoms with van der Waals surface area (Å²) in [6.45, 7) is 3.50. The molecule has 0 radical (unpaired) electrons. The molecule has 0 saturated heterocycles. The van der Waals surface area contributed by atoms with Crippen LogP contribution in [0.2, 0.25) is 0 Å². The highest BCUT2D eigenvalue weighted by Gasteiger charge is 2.25. The van der Waals surface area contributed by atoms with Gasteiger partial charge in [-0.2, -0.15) is 0 Å². The predicted molar refractivity (Wildman–Crippen MR) is 67.5 cm³/mol. The molecule has 1 amide bonds. The van der Waals surface area contributed by atoms with Crippen molar-refractivity contribution in [2.24, 2.45) is 0 Å². The monoisotopic (exact) mass is 266 g/mol. The number of aliphatic hydroxyl groups is 1. The molecule has 96 valence electrons. The molecule has 0 aliphatic rings. The van der Waals surface area contributed by atoms with Crippen LogP contribution >= 0.6 is 11.3 Å². The van der Waals surface area contributed by atoms with Gasteiger partial charge in [-0.15, -0.1) is 11.3 Å². The fraction of sp³-hybridized carbons (Fsp3) is 0.333. The van der Waals surface area contributed by atoms with Gasteiger partial charge in [-0.3, -0.25) is 4.79 Å². The second-order valence-electron chi connectivity index (χ2n) is 4.26. The van der Waals surface area contributed by atoms with Crippen LogP contribution in [0.4, 0.5) is 0 Å². The van der Waals surface area contributed by atoms with Gasteiger partial charge in [0.1, 0.15) is 11.4 Å². The molecule has 2 rings (SSSR count). The highest BCUT2D eigenvalue weighted by Crippen LogP contribution is 2.24. The Morgan fingerprint density at radius 2 is 2.44 bits per heavy atom. The van der Waals surface area contributed by atoms with Crippen LogP contribution in [-0.4, -0.2) is 22.7 Å². The fourth-order valence-corrected chi connectivity index (χ4v) is 2.28. The van der Waals surface area contributed by atoms with Gasteiger partial charge in [0.2, 0.25) is 0 Å². The Balaban J connectivity index is 1.98. The van der Waals surface area contributed by atoms with Crippen molar-refractivity contribution in [2.45, 2.75) is 19.4 Å².